The van der Waals surface area contributed by atoms with E-state index < -0.39 is 0 Å². The average molecular weight is 198 g/mol. The van der Waals surface area contributed by atoms with E-state index in [0.29, 0.717) is 6.29 Å². The molecule has 0 fully saturated rings. The summed E-state index contributed by atoms with van der Waals surface area (Å²) < 4.78 is 9.59. The molecule has 1 rings (SSSR count). The van der Waals surface area contributed by atoms with Gasteiger partial charge in [-0.2, -0.15) is 0 Å². The van der Waals surface area contributed by atoms with Crippen LogP contribution in [0, 0.1) is 0 Å². The zero-order valence-electron chi connectivity index (χ0n) is 7.77. The minimum absolute atomic E-state index is 0.00407. The van der Waals surface area contributed by atoms with Crippen molar-refractivity contribution in [3.8, 4) is 23.0 Å². The SMILES string of the molecule is COc1c(O)cc(C=O)c(O)c1OC. The van der Waals surface area contributed by atoms with Crippen LogP contribution in [0.15, 0.2) is 6.07 Å². The van der Waals surface area contributed by atoms with E-state index in [1.54, 1.807) is 0 Å². The van der Waals surface area contributed by atoms with Crippen LogP contribution in [-0.4, -0.2) is 30.7 Å². The fourth-order valence-corrected chi connectivity index (χ4v) is 1.11. The van der Waals surface area contributed by atoms with Crippen LogP contribution in [0.3, 0.4) is 0 Å². The van der Waals surface area contributed by atoms with Crippen molar-refractivity contribution in [1.82, 2.24) is 0 Å². The molecule has 0 saturated carbocycles. The fraction of sp³-hybridized carbons (Fsp3) is 0.222. The zero-order chi connectivity index (χ0) is 10.7. The molecule has 76 valence electrons. The van der Waals surface area contributed by atoms with Crippen LogP contribution in [-0.2, 0) is 0 Å². The van der Waals surface area contributed by atoms with E-state index in [-0.39, 0.29) is 28.6 Å². The largest absolute Gasteiger partial charge is 0.504 e. The van der Waals surface area contributed by atoms with Crippen molar-refractivity contribution in [2.24, 2.45) is 0 Å². The lowest BCUT2D eigenvalue weighted by Gasteiger charge is -2.11. The molecule has 0 radical (unpaired) electrons. The van der Waals surface area contributed by atoms with Crippen LogP contribution >= 0.6 is 0 Å². The molecule has 0 unspecified atom stereocenters. The molecule has 0 bridgehead atoms. The molecule has 0 atom stereocenters. The number of aldehydes is 1. The number of rotatable bonds is 3. The number of phenols is 2. The van der Waals surface area contributed by atoms with Gasteiger partial charge in [0.2, 0.25) is 11.5 Å². The standard InChI is InChI=1S/C9H10O5/c1-13-8-6(11)3-5(4-10)7(12)9(8)14-2/h3-4,11-12H,1-2H3. The first-order valence-electron chi connectivity index (χ1n) is 3.77. The molecular formula is C9H10O5. The van der Waals surface area contributed by atoms with Crippen LogP contribution in [0.4, 0.5) is 0 Å². The summed E-state index contributed by atoms with van der Waals surface area (Å²) in [5, 5.41) is 18.9. The van der Waals surface area contributed by atoms with Crippen LogP contribution in [0.2, 0.25) is 0 Å². The first kappa shape index (κ1) is 10.2. The van der Waals surface area contributed by atoms with Crippen molar-refractivity contribution in [3.05, 3.63) is 11.6 Å². The van der Waals surface area contributed by atoms with Gasteiger partial charge in [0.25, 0.3) is 0 Å². The van der Waals surface area contributed by atoms with Crippen molar-refractivity contribution in [2.75, 3.05) is 14.2 Å². The summed E-state index contributed by atoms with van der Waals surface area (Å²) in [4.78, 5) is 10.5. The van der Waals surface area contributed by atoms with Gasteiger partial charge in [0.15, 0.2) is 17.8 Å². The van der Waals surface area contributed by atoms with Crippen LogP contribution in [0.1, 0.15) is 10.4 Å². The Morgan fingerprint density at radius 1 is 1.21 bits per heavy atom. The number of hydrogen-bond donors (Lipinski definition) is 2. The third-order valence-electron chi connectivity index (χ3n) is 1.75. The number of benzene rings is 1. The zero-order valence-corrected chi connectivity index (χ0v) is 7.77. The topological polar surface area (TPSA) is 76.0 Å². The molecule has 0 saturated heterocycles. The quantitative estimate of drug-likeness (QED) is 0.558. The number of hydrogen-bond acceptors (Lipinski definition) is 5. The molecule has 1 aromatic rings. The molecular weight excluding hydrogens is 188 g/mol. The highest BCUT2D eigenvalue weighted by molar-refractivity contribution is 5.84. The van der Waals surface area contributed by atoms with Gasteiger partial charge < -0.3 is 19.7 Å². The predicted molar refractivity (Wildman–Crippen MR) is 48.3 cm³/mol. The van der Waals surface area contributed by atoms with Crippen molar-refractivity contribution in [2.45, 2.75) is 0 Å². The number of ether oxygens (including phenoxy) is 2. The average Bonchev–Trinajstić information content (AvgIpc) is 2.20. The summed E-state index contributed by atoms with van der Waals surface area (Å²) in [5.74, 6) is -0.674. The van der Waals surface area contributed by atoms with Gasteiger partial charge in [-0.15, -0.1) is 0 Å². The molecule has 2 N–H and O–H groups in total. The van der Waals surface area contributed by atoms with Gasteiger partial charge in [-0.25, -0.2) is 0 Å². The van der Waals surface area contributed by atoms with E-state index in [0.717, 1.165) is 6.07 Å². The van der Waals surface area contributed by atoms with Gasteiger partial charge in [0, 0.05) is 0 Å². The molecule has 0 aliphatic heterocycles. The summed E-state index contributed by atoms with van der Waals surface area (Å²) in [5.41, 5.74) is -0.0554. The molecule has 5 heteroatoms. The molecule has 0 heterocycles. The van der Waals surface area contributed by atoms with Gasteiger partial charge in [0.05, 0.1) is 19.8 Å². The minimum atomic E-state index is -0.350. The number of carbonyl (C=O) groups excluding carboxylic acids is 1. The van der Waals surface area contributed by atoms with E-state index in [1.165, 1.54) is 14.2 Å². The predicted octanol–water partition coefficient (Wildman–Crippen LogP) is 0.927. The van der Waals surface area contributed by atoms with E-state index in [2.05, 4.69) is 0 Å². The minimum Gasteiger partial charge on any atom is -0.504 e. The number of phenolic OH excluding ortho intramolecular Hbond substituents is 2. The maximum atomic E-state index is 10.5. The molecule has 0 amide bonds. The second kappa shape index (κ2) is 3.87. The second-order valence-corrected chi connectivity index (χ2v) is 2.52. The highest BCUT2D eigenvalue weighted by atomic mass is 16.5. The second-order valence-electron chi connectivity index (χ2n) is 2.52. The Balaban J connectivity index is 3.47. The monoisotopic (exact) mass is 198 g/mol. The Hall–Kier alpha value is -1.91. The Bertz CT molecular complexity index is 359. The third kappa shape index (κ3) is 1.44. The Morgan fingerprint density at radius 2 is 1.79 bits per heavy atom. The maximum Gasteiger partial charge on any atom is 0.207 e. The van der Waals surface area contributed by atoms with Gasteiger partial charge in [-0.05, 0) is 6.07 Å². The molecule has 1 aromatic carbocycles. The lowest BCUT2D eigenvalue weighted by atomic mass is 10.1. The maximum absolute atomic E-state index is 10.5. The first-order chi connectivity index (χ1) is 6.65. The molecule has 0 aromatic heterocycles. The summed E-state index contributed by atoms with van der Waals surface area (Å²) in [6.07, 6.45) is 0.414. The van der Waals surface area contributed by atoms with E-state index >= 15 is 0 Å². The highest BCUT2D eigenvalue weighted by Crippen LogP contribution is 2.44. The van der Waals surface area contributed by atoms with Gasteiger partial charge >= 0.3 is 0 Å². The Kier molecular flexibility index (Phi) is 2.81. The Labute approximate surface area is 80.5 Å². The number of aromatic hydroxyl groups is 2. The molecule has 5 nitrogen and oxygen atoms in total. The molecule has 0 aliphatic rings. The first-order valence-corrected chi connectivity index (χ1v) is 3.77. The molecule has 0 aliphatic carbocycles. The van der Waals surface area contributed by atoms with E-state index in [9.17, 15) is 15.0 Å². The van der Waals surface area contributed by atoms with E-state index in [1.807, 2.05) is 0 Å². The van der Waals surface area contributed by atoms with Crippen molar-refractivity contribution in [3.63, 3.8) is 0 Å². The van der Waals surface area contributed by atoms with Crippen LogP contribution < -0.4 is 9.47 Å². The highest BCUT2D eigenvalue weighted by Gasteiger charge is 2.18. The normalized spacial score (nSPS) is 9.57. The summed E-state index contributed by atoms with van der Waals surface area (Å²) in [7, 11) is 2.61. The summed E-state index contributed by atoms with van der Waals surface area (Å²) >= 11 is 0. The lowest BCUT2D eigenvalue weighted by Crippen LogP contribution is -1.94. The third-order valence-corrected chi connectivity index (χ3v) is 1.75. The fourth-order valence-electron chi connectivity index (χ4n) is 1.11. The molecule has 0 spiro atoms. The van der Waals surface area contributed by atoms with Crippen molar-refractivity contribution >= 4 is 6.29 Å². The number of carbonyl (C=O) groups is 1. The van der Waals surface area contributed by atoms with Crippen molar-refractivity contribution < 1.29 is 24.5 Å². The molecule has 14 heavy (non-hydrogen) atoms. The van der Waals surface area contributed by atoms with Crippen LogP contribution in [0.5, 0.6) is 23.0 Å². The summed E-state index contributed by atoms with van der Waals surface area (Å²) in [6.45, 7) is 0. The van der Waals surface area contributed by atoms with Gasteiger partial charge in [-0.1, -0.05) is 0 Å². The smallest absolute Gasteiger partial charge is 0.207 e. The number of methoxy groups -OCH3 is 2. The summed E-state index contributed by atoms with van der Waals surface area (Å²) in [6, 6.07) is 1.10. The van der Waals surface area contributed by atoms with E-state index in [4.69, 9.17) is 9.47 Å². The van der Waals surface area contributed by atoms with Crippen molar-refractivity contribution in [1.29, 1.82) is 0 Å². The van der Waals surface area contributed by atoms with Gasteiger partial charge in [-0.3, -0.25) is 4.79 Å². The Morgan fingerprint density at radius 3 is 2.21 bits per heavy atom. The lowest BCUT2D eigenvalue weighted by molar-refractivity contribution is 0.111. The van der Waals surface area contributed by atoms with Gasteiger partial charge in [0.1, 0.15) is 0 Å². The van der Waals surface area contributed by atoms with Crippen LogP contribution in [0.25, 0.3) is 0 Å².